The molecule has 0 unspecified atom stereocenters. The molecule has 1 aromatic carbocycles. The van der Waals surface area contributed by atoms with E-state index in [-0.39, 0.29) is 10.2 Å². The first kappa shape index (κ1) is 8.20. The molecule has 1 aromatic rings. The van der Waals surface area contributed by atoms with Crippen LogP contribution in [0.5, 0.6) is 5.75 Å². The molecule has 0 atom stereocenters. The van der Waals surface area contributed by atoms with Gasteiger partial charge in [-0.25, -0.2) is 0 Å². The Kier molecular flexibility index (Phi) is 1.95. The standard InChI is InChI=1S/C6H7NO3Se/c7-11(9,10)6-3-1-5(8)2-4-6/h1-4,8H,(H2,7,9,10). The predicted molar refractivity (Wildman–Crippen MR) is 39.1 cm³/mol. The van der Waals surface area contributed by atoms with E-state index in [9.17, 15) is 7.67 Å². The molecule has 0 spiro atoms. The van der Waals surface area contributed by atoms with Gasteiger partial charge in [0, 0.05) is 0 Å². The van der Waals surface area contributed by atoms with Crippen LogP contribution in [0.2, 0.25) is 0 Å². The van der Waals surface area contributed by atoms with Crippen LogP contribution in [-0.2, 0) is 7.67 Å². The van der Waals surface area contributed by atoms with E-state index in [1.807, 2.05) is 0 Å². The SMILES string of the molecule is N[Se](=O)(=O)c1ccc(O)cc1. The van der Waals surface area contributed by atoms with Crippen molar-refractivity contribution in [3.8, 4) is 5.75 Å². The molecular formula is C6H7NO3Se. The van der Waals surface area contributed by atoms with E-state index in [0.717, 1.165) is 0 Å². The summed E-state index contributed by atoms with van der Waals surface area (Å²) in [7, 11) is 0. The first-order chi connectivity index (χ1) is 5.00. The molecule has 4 nitrogen and oxygen atoms in total. The van der Waals surface area contributed by atoms with Crippen LogP contribution >= 0.6 is 0 Å². The van der Waals surface area contributed by atoms with Crippen molar-refractivity contribution in [2.24, 2.45) is 4.75 Å². The summed E-state index contributed by atoms with van der Waals surface area (Å²) in [5, 5.41) is 8.79. The Balaban J connectivity index is 3.20. The zero-order valence-electron chi connectivity index (χ0n) is 5.56. The van der Waals surface area contributed by atoms with E-state index >= 15 is 0 Å². The molecular weight excluding hydrogens is 213 g/mol. The summed E-state index contributed by atoms with van der Waals surface area (Å²) in [4.78, 5) is 0. The van der Waals surface area contributed by atoms with Crippen LogP contribution in [0.25, 0.3) is 0 Å². The average molecular weight is 220 g/mol. The molecule has 0 aliphatic rings. The summed E-state index contributed by atoms with van der Waals surface area (Å²) in [6, 6.07) is 5.11. The topological polar surface area (TPSA) is 80.4 Å². The molecule has 3 N–H and O–H groups in total. The van der Waals surface area contributed by atoms with E-state index in [1.54, 1.807) is 0 Å². The minimum absolute atomic E-state index is 0.0231. The van der Waals surface area contributed by atoms with Crippen molar-refractivity contribution in [3.05, 3.63) is 24.3 Å². The fourth-order valence-electron chi connectivity index (χ4n) is 0.636. The van der Waals surface area contributed by atoms with Crippen LogP contribution in [0, 0.1) is 0 Å². The first-order valence-electron chi connectivity index (χ1n) is 2.82. The number of hydrogen-bond acceptors (Lipinski definition) is 3. The fraction of sp³-hybridized carbons (Fsp3) is 0. The molecule has 0 aliphatic heterocycles. The third-order valence-electron chi connectivity index (χ3n) is 1.17. The summed E-state index contributed by atoms with van der Waals surface area (Å²) in [6.07, 6.45) is 0. The second-order valence-electron chi connectivity index (χ2n) is 2.04. The van der Waals surface area contributed by atoms with Crippen LogP contribution in [0.3, 0.4) is 0 Å². The van der Waals surface area contributed by atoms with Gasteiger partial charge >= 0.3 is 64.9 Å². The molecule has 60 valence electrons. The molecule has 0 saturated carbocycles. The Morgan fingerprint density at radius 2 is 1.64 bits per heavy atom. The van der Waals surface area contributed by atoms with Gasteiger partial charge in [-0.1, -0.05) is 0 Å². The zero-order chi connectivity index (χ0) is 8.48. The molecule has 11 heavy (non-hydrogen) atoms. The van der Waals surface area contributed by atoms with Crippen molar-refractivity contribution >= 4 is 17.4 Å². The number of aromatic hydroxyl groups is 1. The summed E-state index contributed by atoms with van der Waals surface area (Å²) in [5.74, 6) is 0.0231. The summed E-state index contributed by atoms with van der Waals surface area (Å²) in [6.45, 7) is 0. The third kappa shape index (κ3) is 2.01. The van der Waals surface area contributed by atoms with Crippen LogP contribution < -0.4 is 9.21 Å². The van der Waals surface area contributed by atoms with Crippen molar-refractivity contribution in [2.45, 2.75) is 0 Å². The zero-order valence-corrected chi connectivity index (χ0v) is 7.27. The van der Waals surface area contributed by atoms with Gasteiger partial charge < -0.3 is 0 Å². The fourth-order valence-corrected chi connectivity index (χ4v) is 1.72. The van der Waals surface area contributed by atoms with Gasteiger partial charge in [0.15, 0.2) is 0 Å². The van der Waals surface area contributed by atoms with Crippen LogP contribution in [-0.4, -0.2) is 18.0 Å². The van der Waals surface area contributed by atoms with Gasteiger partial charge in [-0.3, -0.25) is 0 Å². The van der Waals surface area contributed by atoms with Gasteiger partial charge in [-0.15, -0.1) is 0 Å². The van der Waals surface area contributed by atoms with Crippen molar-refractivity contribution in [1.29, 1.82) is 0 Å². The van der Waals surface area contributed by atoms with Crippen LogP contribution in [0.4, 0.5) is 0 Å². The van der Waals surface area contributed by atoms with E-state index in [4.69, 9.17) is 9.86 Å². The molecule has 5 heteroatoms. The molecule has 1 rings (SSSR count). The molecule has 0 heterocycles. The number of hydrogen-bond donors (Lipinski definition) is 2. The molecule has 0 aromatic heterocycles. The Morgan fingerprint density at radius 1 is 1.18 bits per heavy atom. The normalized spacial score (nSPS) is 11.4. The Morgan fingerprint density at radius 3 is 2.00 bits per heavy atom. The van der Waals surface area contributed by atoms with Gasteiger partial charge in [0.1, 0.15) is 0 Å². The van der Waals surface area contributed by atoms with Gasteiger partial charge in [-0.2, -0.15) is 0 Å². The average Bonchev–Trinajstić information content (AvgIpc) is 1.86. The number of benzene rings is 1. The number of nitrogens with two attached hydrogens (primary N) is 1. The second-order valence-corrected chi connectivity index (χ2v) is 5.31. The Bertz CT molecular complexity index is 341. The number of phenols is 1. The first-order valence-corrected chi connectivity index (χ1v) is 6.06. The minimum atomic E-state index is -4.34. The van der Waals surface area contributed by atoms with E-state index in [1.165, 1.54) is 24.3 Å². The molecule has 0 fully saturated rings. The number of phenolic OH excluding ortho intramolecular Hbond substituents is 1. The third-order valence-corrected chi connectivity index (χ3v) is 3.11. The molecule has 0 amide bonds. The summed E-state index contributed by atoms with van der Waals surface area (Å²) < 4.78 is 26.4. The maximum atomic E-state index is 10.7. The van der Waals surface area contributed by atoms with Crippen LogP contribution in [0.15, 0.2) is 24.3 Å². The molecule has 0 saturated heterocycles. The summed E-state index contributed by atoms with van der Waals surface area (Å²) >= 11 is -4.34. The Hall–Kier alpha value is -0.901. The second kappa shape index (κ2) is 2.62. The van der Waals surface area contributed by atoms with E-state index in [0.29, 0.717) is 0 Å². The van der Waals surface area contributed by atoms with Crippen molar-refractivity contribution in [3.63, 3.8) is 0 Å². The van der Waals surface area contributed by atoms with Crippen molar-refractivity contribution in [2.75, 3.05) is 0 Å². The van der Waals surface area contributed by atoms with E-state index in [2.05, 4.69) is 0 Å². The molecule has 0 bridgehead atoms. The van der Waals surface area contributed by atoms with Gasteiger partial charge in [-0.05, 0) is 0 Å². The molecule has 0 radical (unpaired) electrons. The molecule has 0 aliphatic carbocycles. The summed E-state index contributed by atoms with van der Waals surface area (Å²) in [5.41, 5.74) is 0. The van der Waals surface area contributed by atoms with Gasteiger partial charge in [0.05, 0.1) is 0 Å². The van der Waals surface area contributed by atoms with Gasteiger partial charge in [0.2, 0.25) is 0 Å². The number of rotatable bonds is 1. The van der Waals surface area contributed by atoms with Crippen LogP contribution in [0.1, 0.15) is 0 Å². The monoisotopic (exact) mass is 221 g/mol. The maximum absolute atomic E-state index is 10.7. The predicted octanol–water partition coefficient (Wildman–Crippen LogP) is -0.642. The van der Waals surface area contributed by atoms with E-state index < -0.39 is 12.9 Å². The van der Waals surface area contributed by atoms with Crippen molar-refractivity contribution < 1.29 is 12.8 Å². The van der Waals surface area contributed by atoms with Crippen molar-refractivity contribution in [1.82, 2.24) is 0 Å². The quantitative estimate of drug-likeness (QED) is 0.617. The van der Waals surface area contributed by atoms with Gasteiger partial charge in [0.25, 0.3) is 0 Å². The Labute approximate surface area is 65.5 Å².